The van der Waals surface area contributed by atoms with E-state index in [1.807, 2.05) is 0 Å². The third-order valence-electron chi connectivity index (χ3n) is 3.21. The standard InChI is InChI=1S/C9H12N6O/c10-4-9(2-1-3-9)8-13-7(15-16-8)6-11-5-12-14-6/h5H,1-4,10H2,(H,11,12,14). The monoisotopic (exact) mass is 220 g/mol. The van der Waals surface area contributed by atoms with Gasteiger partial charge in [-0.25, -0.2) is 4.98 Å². The first-order chi connectivity index (χ1) is 7.84. The summed E-state index contributed by atoms with van der Waals surface area (Å²) in [6, 6.07) is 0. The number of H-pyrrole nitrogens is 1. The molecular weight excluding hydrogens is 208 g/mol. The highest BCUT2D eigenvalue weighted by atomic mass is 16.5. The van der Waals surface area contributed by atoms with Crippen LogP contribution in [0.1, 0.15) is 25.2 Å². The first-order valence-corrected chi connectivity index (χ1v) is 5.24. The van der Waals surface area contributed by atoms with E-state index in [4.69, 9.17) is 10.3 Å². The summed E-state index contributed by atoms with van der Waals surface area (Å²) >= 11 is 0. The zero-order valence-corrected chi connectivity index (χ0v) is 8.68. The fourth-order valence-corrected chi connectivity index (χ4v) is 1.96. The van der Waals surface area contributed by atoms with Crippen molar-refractivity contribution in [2.24, 2.45) is 5.73 Å². The molecule has 1 saturated carbocycles. The Morgan fingerprint density at radius 1 is 1.50 bits per heavy atom. The number of rotatable bonds is 3. The van der Waals surface area contributed by atoms with E-state index in [-0.39, 0.29) is 5.41 Å². The predicted molar refractivity (Wildman–Crippen MR) is 54.3 cm³/mol. The van der Waals surface area contributed by atoms with Crippen LogP contribution in [0.25, 0.3) is 11.6 Å². The Kier molecular flexibility index (Phi) is 2.00. The van der Waals surface area contributed by atoms with Gasteiger partial charge in [-0.15, -0.1) is 0 Å². The Bertz CT molecular complexity index is 466. The molecule has 0 unspecified atom stereocenters. The summed E-state index contributed by atoms with van der Waals surface area (Å²) in [4.78, 5) is 8.29. The van der Waals surface area contributed by atoms with Crippen LogP contribution in [0, 0.1) is 0 Å². The molecule has 16 heavy (non-hydrogen) atoms. The maximum atomic E-state index is 5.77. The number of nitrogens with one attached hydrogen (secondary N) is 1. The second kappa shape index (κ2) is 3.38. The van der Waals surface area contributed by atoms with Crippen LogP contribution in [0.3, 0.4) is 0 Å². The average Bonchev–Trinajstić information content (AvgIpc) is 2.86. The van der Waals surface area contributed by atoms with Crippen LogP contribution >= 0.6 is 0 Å². The van der Waals surface area contributed by atoms with Gasteiger partial charge in [-0.05, 0) is 12.8 Å². The Labute approximate surface area is 91.4 Å². The predicted octanol–water partition coefficient (Wildman–Crippen LogP) is 0.235. The molecule has 1 aliphatic rings. The van der Waals surface area contributed by atoms with Crippen molar-refractivity contribution in [3.8, 4) is 11.6 Å². The van der Waals surface area contributed by atoms with E-state index in [9.17, 15) is 0 Å². The van der Waals surface area contributed by atoms with Crippen molar-refractivity contribution in [2.75, 3.05) is 6.54 Å². The number of hydrogen-bond donors (Lipinski definition) is 2. The minimum absolute atomic E-state index is 0.106. The zero-order chi connectivity index (χ0) is 11.0. The molecule has 0 aromatic carbocycles. The molecule has 0 saturated heterocycles. The van der Waals surface area contributed by atoms with Gasteiger partial charge in [0.1, 0.15) is 6.33 Å². The number of nitrogens with two attached hydrogens (primary N) is 1. The van der Waals surface area contributed by atoms with E-state index in [1.165, 1.54) is 6.33 Å². The third-order valence-corrected chi connectivity index (χ3v) is 3.21. The molecule has 0 amide bonds. The molecule has 0 spiro atoms. The van der Waals surface area contributed by atoms with Crippen molar-refractivity contribution in [1.29, 1.82) is 0 Å². The first-order valence-electron chi connectivity index (χ1n) is 5.24. The minimum atomic E-state index is -0.106. The quantitative estimate of drug-likeness (QED) is 0.767. The van der Waals surface area contributed by atoms with Crippen molar-refractivity contribution in [3.05, 3.63) is 12.2 Å². The summed E-state index contributed by atoms with van der Waals surface area (Å²) in [6.45, 7) is 0.547. The Morgan fingerprint density at radius 2 is 2.38 bits per heavy atom. The molecule has 3 N–H and O–H groups in total. The molecule has 0 radical (unpaired) electrons. The topological polar surface area (TPSA) is 107 Å². The summed E-state index contributed by atoms with van der Waals surface area (Å²) in [5, 5.41) is 10.3. The van der Waals surface area contributed by atoms with Crippen molar-refractivity contribution >= 4 is 0 Å². The lowest BCUT2D eigenvalue weighted by atomic mass is 9.69. The Hall–Kier alpha value is -1.76. The summed E-state index contributed by atoms with van der Waals surface area (Å²) in [5.41, 5.74) is 5.66. The maximum Gasteiger partial charge on any atom is 0.239 e. The highest BCUT2D eigenvalue weighted by Crippen LogP contribution is 2.42. The highest BCUT2D eigenvalue weighted by Gasteiger charge is 2.42. The molecule has 2 aromatic rings. The molecule has 2 heterocycles. The third kappa shape index (κ3) is 1.25. The smallest absolute Gasteiger partial charge is 0.239 e. The van der Waals surface area contributed by atoms with Gasteiger partial charge in [-0.1, -0.05) is 11.6 Å². The van der Waals surface area contributed by atoms with Crippen LogP contribution in [-0.2, 0) is 5.41 Å². The van der Waals surface area contributed by atoms with Gasteiger partial charge < -0.3 is 10.3 Å². The molecule has 0 atom stereocenters. The second-order valence-corrected chi connectivity index (χ2v) is 4.10. The fraction of sp³-hybridized carbons (Fsp3) is 0.556. The first kappa shape index (κ1) is 9.46. The molecular formula is C9H12N6O. The average molecular weight is 220 g/mol. The largest absolute Gasteiger partial charge is 0.338 e. The van der Waals surface area contributed by atoms with Crippen molar-refractivity contribution in [2.45, 2.75) is 24.7 Å². The van der Waals surface area contributed by atoms with E-state index in [2.05, 4.69) is 25.3 Å². The molecule has 0 bridgehead atoms. The van der Waals surface area contributed by atoms with Crippen LogP contribution in [-0.4, -0.2) is 31.9 Å². The Balaban J connectivity index is 1.93. The molecule has 1 aliphatic carbocycles. The van der Waals surface area contributed by atoms with Gasteiger partial charge in [-0.2, -0.15) is 10.1 Å². The summed E-state index contributed by atoms with van der Waals surface area (Å²) < 4.78 is 5.26. The van der Waals surface area contributed by atoms with E-state index in [0.29, 0.717) is 24.1 Å². The van der Waals surface area contributed by atoms with Gasteiger partial charge in [0.05, 0.1) is 5.41 Å². The minimum Gasteiger partial charge on any atom is -0.338 e. The van der Waals surface area contributed by atoms with Gasteiger partial charge in [0.25, 0.3) is 0 Å². The molecule has 2 aromatic heterocycles. The molecule has 84 valence electrons. The van der Waals surface area contributed by atoms with Crippen molar-refractivity contribution in [1.82, 2.24) is 25.3 Å². The van der Waals surface area contributed by atoms with E-state index < -0.39 is 0 Å². The van der Waals surface area contributed by atoms with Gasteiger partial charge in [0.2, 0.25) is 11.7 Å². The molecule has 1 fully saturated rings. The molecule has 7 heteroatoms. The summed E-state index contributed by atoms with van der Waals surface area (Å²) in [5.74, 6) is 1.57. The van der Waals surface area contributed by atoms with Crippen LogP contribution < -0.4 is 5.73 Å². The van der Waals surface area contributed by atoms with E-state index in [0.717, 1.165) is 19.3 Å². The number of aromatic nitrogens is 5. The summed E-state index contributed by atoms with van der Waals surface area (Å²) in [6.07, 6.45) is 4.60. The Morgan fingerprint density at radius 3 is 2.94 bits per heavy atom. The lowest BCUT2D eigenvalue weighted by molar-refractivity contribution is 0.182. The van der Waals surface area contributed by atoms with E-state index >= 15 is 0 Å². The molecule has 3 rings (SSSR count). The SMILES string of the molecule is NCC1(c2nc(-c3ncn[nH]3)no2)CCC1. The normalized spacial score (nSPS) is 18.3. The fourth-order valence-electron chi connectivity index (χ4n) is 1.96. The summed E-state index contributed by atoms with van der Waals surface area (Å²) in [7, 11) is 0. The second-order valence-electron chi connectivity index (χ2n) is 4.10. The molecule has 7 nitrogen and oxygen atoms in total. The number of hydrogen-bond acceptors (Lipinski definition) is 6. The lowest BCUT2D eigenvalue weighted by Crippen LogP contribution is -2.41. The zero-order valence-electron chi connectivity index (χ0n) is 8.68. The molecule has 0 aliphatic heterocycles. The highest BCUT2D eigenvalue weighted by molar-refractivity contribution is 5.40. The number of aromatic amines is 1. The van der Waals surface area contributed by atoms with Crippen LogP contribution in [0.4, 0.5) is 0 Å². The van der Waals surface area contributed by atoms with Gasteiger partial charge in [0.15, 0.2) is 5.82 Å². The van der Waals surface area contributed by atoms with Gasteiger partial charge in [0, 0.05) is 6.54 Å². The number of nitrogens with zero attached hydrogens (tertiary/aromatic N) is 4. The van der Waals surface area contributed by atoms with Crippen molar-refractivity contribution in [3.63, 3.8) is 0 Å². The van der Waals surface area contributed by atoms with Gasteiger partial charge in [-0.3, -0.25) is 5.10 Å². The lowest BCUT2D eigenvalue weighted by Gasteiger charge is -2.36. The van der Waals surface area contributed by atoms with Gasteiger partial charge >= 0.3 is 0 Å². The van der Waals surface area contributed by atoms with Crippen molar-refractivity contribution < 1.29 is 4.52 Å². The van der Waals surface area contributed by atoms with E-state index in [1.54, 1.807) is 0 Å². The van der Waals surface area contributed by atoms with Crippen LogP contribution in [0.15, 0.2) is 10.9 Å². The van der Waals surface area contributed by atoms with Crippen LogP contribution in [0.2, 0.25) is 0 Å². The van der Waals surface area contributed by atoms with Crippen LogP contribution in [0.5, 0.6) is 0 Å². The maximum absolute atomic E-state index is 5.77.